The molecule has 0 atom stereocenters. The molecule has 0 aromatic rings. The molecule has 0 unspecified atom stereocenters. The zero-order valence-corrected chi connectivity index (χ0v) is 19.7. The Labute approximate surface area is 211 Å². The van der Waals surface area contributed by atoms with Gasteiger partial charge in [-0.3, -0.25) is 0 Å². The standard InChI is InChI=1S/C21H24N4O12/c22-5-1-9-30-17(26)34-13-21(14-35-18(27)31-10-2-6-23,15-36-19(28)32-11-3-7-24)16-37-20(29)33-12-4-8-25/h1-4,9-16H2. The van der Waals surface area contributed by atoms with E-state index >= 15 is 0 Å². The summed E-state index contributed by atoms with van der Waals surface area (Å²) in [6, 6.07) is 7.00. The van der Waals surface area contributed by atoms with E-state index in [0.29, 0.717) is 0 Å². The second-order valence-corrected chi connectivity index (χ2v) is 6.68. The smallest absolute Gasteiger partial charge is 0.433 e. The fourth-order valence-corrected chi connectivity index (χ4v) is 1.98. The van der Waals surface area contributed by atoms with E-state index in [1.165, 1.54) is 0 Å². The number of hydrogen-bond donors (Lipinski definition) is 0. The SMILES string of the molecule is N#CCCOC(=O)OCC(COC(=O)OCCC#N)(COC(=O)OCCC#N)COC(=O)OCCC#N. The number of carbonyl (C=O) groups is 4. The molecule has 0 spiro atoms. The Balaban J connectivity index is 5.53. The minimum atomic E-state index is -1.75. The Bertz CT molecular complexity index is 763. The van der Waals surface area contributed by atoms with E-state index in [1.54, 1.807) is 24.3 Å². The first kappa shape index (κ1) is 32.0. The lowest BCUT2D eigenvalue weighted by Gasteiger charge is -2.30. The Morgan fingerprint density at radius 3 is 0.838 bits per heavy atom. The topological polar surface area (TPSA) is 237 Å². The summed E-state index contributed by atoms with van der Waals surface area (Å²) in [5.74, 6) is 0. The van der Waals surface area contributed by atoms with E-state index in [1.807, 2.05) is 0 Å². The average Bonchev–Trinajstić information content (AvgIpc) is 2.88. The van der Waals surface area contributed by atoms with Crippen LogP contribution in [0.3, 0.4) is 0 Å². The lowest BCUT2D eigenvalue weighted by atomic mass is 9.92. The zero-order chi connectivity index (χ0) is 27.8. The molecule has 0 aromatic heterocycles. The van der Waals surface area contributed by atoms with Gasteiger partial charge in [-0.25, -0.2) is 19.2 Å². The Kier molecular flexibility index (Phi) is 17.7. The van der Waals surface area contributed by atoms with Gasteiger partial charge in [0.2, 0.25) is 0 Å². The largest absolute Gasteiger partial charge is 0.508 e. The average molecular weight is 524 g/mol. The van der Waals surface area contributed by atoms with E-state index in [2.05, 4.69) is 18.9 Å². The van der Waals surface area contributed by atoms with Gasteiger partial charge in [-0.1, -0.05) is 0 Å². The molecule has 0 heterocycles. The third-order valence-corrected chi connectivity index (χ3v) is 3.72. The van der Waals surface area contributed by atoms with Gasteiger partial charge in [0.25, 0.3) is 0 Å². The van der Waals surface area contributed by atoms with Crippen molar-refractivity contribution in [1.82, 2.24) is 0 Å². The fourth-order valence-electron chi connectivity index (χ4n) is 1.98. The Morgan fingerprint density at radius 2 is 0.649 bits per heavy atom. The van der Waals surface area contributed by atoms with Gasteiger partial charge in [0.05, 0.1) is 50.0 Å². The summed E-state index contributed by atoms with van der Waals surface area (Å²) < 4.78 is 38.5. The highest BCUT2D eigenvalue weighted by atomic mass is 16.8. The van der Waals surface area contributed by atoms with Crippen LogP contribution < -0.4 is 0 Å². The summed E-state index contributed by atoms with van der Waals surface area (Å²) in [7, 11) is 0. The van der Waals surface area contributed by atoms with Crippen LogP contribution in [0.5, 0.6) is 0 Å². The summed E-state index contributed by atoms with van der Waals surface area (Å²) in [5, 5.41) is 34.1. The lowest BCUT2D eigenvalue weighted by Crippen LogP contribution is -2.44. The summed E-state index contributed by atoms with van der Waals surface area (Å²) in [4.78, 5) is 47.4. The van der Waals surface area contributed by atoms with Gasteiger partial charge < -0.3 is 37.9 Å². The molecule has 0 amide bonds. The maximum atomic E-state index is 11.9. The first-order valence-corrected chi connectivity index (χ1v) is 10.5. The Hall–Kier alpha value is -4.96. The van der Waals surface area contributed by atoms with Gasteiger partial charge in [0, 0.05) is 0 Å². The highest BCUT2D eigenvalue weighted by Gasteiger charge is 2.39. The number of nitriles is 4. The van der Waals surface area contributed by atoms with Gasteiger partial charge in [0.1, 0.15) is 58.3 Å². The molecular formula is C21H24N4O12. The van der Waals surface area contributed by atoms with Crippen molar-refractivity contribution in [2.75, 3.05) is 52.9 Å². The van der Waals surface area contributed by atoms with Crippen molar-refractivity contribution in [2.45, 2.75) is 25.7 Å². The Morgan fingerprint density at radius 1 is 0.432 bits per heavy atom. The van der Waals surface area contributed by atoms with E-state index in [9.17, 15) is 19.2 Å². The lowest BCUT2D eigenvalue weighted by molar-refractivity contribution is -0.0821. The second-order valence-electron chi connectivity index (χ2n) is 6.68. The highest BCUT2D eigenvalue weighted by Crippen LogP contribution is 2.22. The molecule has 0 aliphatic heterocycles. The molecule has 0 aliphatic carbocycles. The van der Waals surface area contributed by atoms with Crippen LogP contribution in [0.4, 0.5) is 19.2 Å². The first-order chi connectivity index (χ1) is 17.8. The molecule has 37 heavy (non-hydrogen) atoms. The van der Waals surface area contributed by atoms with Crippen molar-refractivity contribution >= 4 is 24.6 Å². The minimum Gasteiger partial charge on any atom is -0.433 e. The van der Waals surface area contributed by atoms with Crippen LogP contribution >= 0.6 is 0 Å². The zero-order valence-electron chi connectivity index (χ0n) is 19.7. The minimum absolute atomic E-state index is 0.118. The van der Waals surface area contributed by atoms with Gasteiger partial charge in [-0.2, -0.15) is 21.0 Å². The molecule has 0 aliphatic rings. The van der Waals surface area contributed by atoms with Crippen molar-refractivity contribution < 1.29 is 57.1 Å². The summed E-state index contributed by atoms with van der Waals surface area (Å²) in [6.07, 6.45) is -5.40. The predicted octanol–water partition coefficient (Wildman–Crippen LogP) is 2.24. The van der Waals surface area contributed by atoms with Gasteiger partial charge in [-0.05, 0) is 0 Å². The van der Waals surface area contributed by atoms with Gasteiger partial charge >= 0.3 is 24.6 Å². The molecule has 200 valence electrons. The fraction of sp³-hybridized carbons (Fsp3) is 0.619. The number of ether oxygens (including phenoxy) is 8. The number of hydrogen-bond acceptors (Lipinski definition) is 16. The van der Waals surface area contributed by atoms with Crippen molar-refractivity contribution in [1.29, 1.82) is 21.0 Å². The van der Waals surface area contributed by atoms with Crippen LogP contribution in [0.25, 0.3) is 0 Å². The van der Waals surface area contributed by atoms with Gasteiger partial charge in [0.15, 0.2) is 0 Å². The molecule has 0 fully saturated rings. The van der Waals surface area contributed by atoms with Crippen LogP contribution in [0, 0.1) is 50.7 Å². The third kappa shape index (κ3) is 17.2. The molecule has 0 bridgehead atoms. The number of rotatable bonds is 16. The van der Waals surface area contributed by atoms with Crippen molar-refractivity contribution in [3.63, 3.8) is 0 Å². The van der Waals surface area contributed by atoms with Crippen LogP contribution in [0.2, 0.25) is 0 Å². The van der Waals surface area contributed by atoms with E-state index in [-0.39, 0.29) is 52.1 Å². The van der Waals surface area contributed by atoms with E-state index < -0.39 is 56.5 Å². The normalized spacial score (nSPS) is 9.62. The third-order valence-electron chi connectivity index (χ3n) is 3.72. The monoisotopic (exact) mass is 524 g/mol. The van der Waals surface area contributed by atoms with E-state index in [0.717, 1.165) is 0 Å². The van der Waals surface area contributed by atoms with Crippen LogP contribution in [0.1, 0.15) is 25.7 Å². The van der Waals surface area contributed by atoms with Crippen LogP contribution in [0.15, 0.2) is 0 Å². The molecular weight excluding hydrogens is 500 g/mol. The molecule has 16 nitrogen and oxygen atoms in total. The maximum absolute atomic E-state index is 11.9. The number of carbonyl (C=O) groups excluding carboxylic acids is 4. The first-order valence-electron chi connectivity index (χ1n) is 10.5. The summed E-state index contributed by atoms with van der Waals surface area (Å²) >= 11 is 0. The molecule has 0 N–H and O–H groups in total. The molecule has 0 saturated carbocycles. The quantitative estimate of drug-likeness (QED) is 0.160. The van der Waals surface area contributed by atoms with Crippen molar-refractivity contribution in [3.8, 4) is 24.3 Å². The van der Waals surface area contributed by atoms with E-state index in [4.69, 9.17) is 40.0 Å². The maximum Gasteiger partial charge on any atom is 0.508 e. The van der Waals surface area contributed by atoms with Crippen molar-refractivity contribution in [2.24, 2.45) is 5.41 Å². The molecule has 0 radical (unpaired) electrons. The molecule has 0 saturated heterocycles. The van der Waals surface area contributed by atoms with Crippen molar-refractivity contribution in [3.05, 3.63) is 0 Å². The van der Waals surface area contributed by atoms with Gasteiger partial charge in [-0.15, -0.1) is 0 Å². The molecule has 0 aromatic carbocycles. The molecule has 16 heteroatoms. The highest BCUT2D eigenvalue weighted by molar-refractivity contribution is 5.61. The second kappa shape index (κ2) is 20.4. The molecule has 0 rings (SSSR count). The number of nitrogens with zero attached hydrogens (tertiary/aromatic N) is 4. The van der Waals surface area contributed by atoms with Crippen LogP contribution in [-0.4, -0.2) is 77.5 Å². The predicted molar refractivity (Wildman–Crippen MR) is 113 cm³/mol. The summed E-state index contributed by atoms with van der Waals surface area (Å²) in [6.45, 7) is -3.97. The summed E-state index contributed by atoms with van der Waals surface area (Å²) in [5.41, 5.74) is -1.75. The van der Waals surface area contributed by atoms with Crippen LogP contribution in [-0.2, 0) is 37.9 Å².